The maximum Gasteiger partial charge on any atom is 0.262 e. The summed E-state index contributed by atoms with van der Waals surface area (Å²) in [4.78, 5) is 22.1. The molecule has 0 aliphatic carbocycles. The van der Waals surface area contributed by atoms with Crippen LogP contribution in [0.25, 0.3) is 20.9 Å². The molecule has 1 N–H and O–H groups in total. The normalized spacial score (nSPS) is 10.7. The standard InChI is InChI=1S/C22H19N3O3S/c1-2-27-17-8-4-9-18(13-17)28-14-20(26)24-16-7-3-6-15(12-16)21-25-19-10-5-11-23-22(19)29-21/h3-13H,2,14H2,1H3,(H,24,26). The Morgan fingerprint density at radius 3 is 2.69 bits per heavy atom. The lowest BCUT2D eigenvalue weighted by Crippen LogP contribution is -2.20. The van der Waals surface area contributed by atoms with Gasteiger partial charge in [-0.25, -0.2) is 9.97 Å². The van der Waals surface area contributed by atoms with Crippen molar-refractivity contribution < 1.29 is 14.3 Å². The van der Waals surface area contributed by atoms with Gasteiger partial charge >= 0.3 is 0 Å². The summed E-state index contributed by atoms with van der Waals surface area (Å²) in [6, 6.07) is 18.6. The van der Waals surface area contributed by atoms with Crippen LogP contribution in [0.15, 0.2) is 66.9 Å². The molecule has 0 saturated heterocycles. The summed E-state index contributed by atoms with van der Waals surface area (Å²) in [5.41, 5.74) is 2.48. The van der Waals surface area contributed by atoms with E-state index in [1.807, 2.05) is 55.5 Å². The van der Waals surface area contributed by atoms with Crippen molar-refractivity contribution in [1.29, 1.82) is 0 Å². The van der Waals surface area contributed by atoms with Crippen molar-refractivity contribution in [3.63, 3.8) is 0 Å². The molecule has 6 nitrogen and oxygen atoms in total. The highest BCUT2D eigenvalue weighted by molar-refractivity contribution is 7.21. The first-order valence-corrected chi connectivity index (χ1v) is 10.0. The van der Waals surface area contributed by atoms with E-state index in [0.717, 1.165) is 20.9 Å². The summed E-state index contributed by atoms with van der Waals surface area (Å²) in [5.74, 6) is 1.06. The maximum atomic E-state index is 12.3. The zero-order valence-corrected chi connectivity index (χ0v) is 16.6. The van der Waals surface area contributed by atoms with Crippen LogP contribution in [0.1, 0.15) is 6.92 Å². The Morgan fingerprint density at radius 2 is 1.86 bits per heavy atom. The van der Waals surface area contributed by atoms with Gasteiger partial charge in [0.2, 0.25) is 0 Å². The van der Waals surface area contributed by atoms with Gasteiger partial charge in [0.1, 0.15) is 26.9 Å². The molecule has 2 heterocycles. The van der Waals surface area contributed by atoms with Crippen molar-refractivity contribution in [3.8, 4) is 22.1 Å². The number of thiazole rings is 1. The first-order chi connectivity index (χ1) is 14.2. The van der Waals surface area contributed by atoms with E-state index in [1.165, 1.54) is 11.3 Å². The van der Waals surface area contributed by atoms with E-state index in [-0.39, 0.29) is 12.5 Å². The van der Waals surface area contributed by atoms with E-state index in [0.29, 0.717) is 23.8 Å². The zero-order valence-electron chi connectivity index (χ0n) is 15.8. The fourth-order valence-corrected chi connectivity index (χ4v) is 3.69. The van der Waals surface area contributed by atoms with Gasteiger partial charge in [0.15, 0.2) is 6.61 Å². The third-order valence-corrected chi connectivity index (χ3v) is 5.07. The lowest BCUT2D eigenvalue weighted by molar-refractivity contribution is -0.118. The summed E-state index contributed by atoms with van der Waals surface area (Å²) < 4.78 is 11.0. The molecule has 7 heteroatoms. The van der Waals surface area contributed by atoms with E-state index in [4.69, 9.17) is 9.47 Å². The van der Waals surface area contributed by atoms with Crippen molar-refractivity contribution in [2.45, 2.75) is 6.92 Å². The summed E-state index contributed by atoms with van der Waals surface area (Å²) in [6.45, 7) is 2.40. The van der Waals surface area contributed by atoms with Gasteiger partial charge in [-0.05, 0) is 43.3 Å². The van der Waals surface area contributed by atoms with Crippen LogP contribution in [0, 0.1) is 0 Å². The number of nitrogens with one attached hydrogen (secondary N) is 1. The van der Waals surface area contributed by atoms with Crippen molar-refractivity contribution in [2.24, 2.45) is 0 Å². The second-order valence-corrected chi connectivity index (χ2v) is 7.15. The number of pyridine rings is 1. The molecule has 0 radical (unpaired) electrons. The molecule has 2 aromatic heterocycles. The quantitative estimate of drug-likeness (QED) is 0.479. The lowest BCUT2D eigenvalue weighted by atomic mass is 10.2. The highest BCUT2D eigenvalue weighted by atomic mass is 32.1. The predicted octanol–water partition coefficient (Wildman–Crippen LogP) is 4.77. The van der Waals surface area contributed by atoms with Crippen LogP contribution in [0.5, 0.6) is 11.5 Å². The van der Waals surface area contributed by atoms with Crippen molar-refractivity contribution in [3.05, 3.63) is 66.9 Å². The fraction of sp³-hybridized carbons (Fsp3) is 0.136. The second kappa shape index (κ2) is 8.70. The number of hydrogen-bond donors (Lipinski definition) is 1. The molecule has 2 aromatic carbocycles. The fourth-order valence-electron chi connectivity index (χ4n) is 2.79. The first-order valence-electron chi connectivity index (χ1n) is 9.19. The molecule has 0 aliphatic heterocycles. The van der Waals surface area contributed by atoms with Crippen LogP contribution in [0.3, 0.4) is 0 Å². The van der Waals surface area contributed by atoms with Crippen LogP contribution in [-0.4, -0.2) is 29.1 Å². The second-order valence-electron chi connectivity index (χ2n) is 6.17. The summed E-state index contributed by atoms with van der Waals surface area (Å²) in [6.07, 6.45) is 1.75. The topological polar surface area (TPSA) is 73.3 Å². The number of hydrogen-bond acceptors (Lipinski definition) is 6. The minimum atomic E-state index is -0.241. The monoisotopic (exact) mass is 405 g/mol. The van der Waals surface area contributed by atoms with Crippen LogP contribution in [-0.2, 0) is 4.79 Å². The molecule has 0 atom stereocenters. The minimum Gasteiger partial charge on any atom is -0.494 e. The zero-order chi connectivity index (χ0) is 20.1. The van der Waals surface area contributed by atoms with E-state index in [1.54, 1.807) is 18.3 Å². The predicted molar refractivity (Wildman–Crippen MR) is 115 cm³/mol. The number of aromatic nitrogens is 2. The third kappa shape index (κ3) is 4.70. The Morgan fingerprint density at radius 1 is 1.03 bits per heavy atom. The van der Waals surface area contributed by atoms with Gasteiger partial charge in [0.25, 0.3) is 5.91 Å². The number of fused-ring (bicyclic) bond motifs is 1. The molecule has 29 heavy (non-hydrogen) atoms. The Bertz CT molecular complexity index is 1110. The van der Waals surface area contributed by atoms with Gasteiger partial charge in [-0.1, -0.05) is 29.5 Å². The van der Waals surface area contributed by atoms with Crippen LogP contribution in [0.2, 0.25) is 0 Å². The smallest absolute Gasteiger partial charge is 0.262 e. The number of nitrogens with zero attached hydrogens (tertiary/aromatic N) is 2. The molecule has 4 rings (SSSR count). The van der Waals surface area contributed by atoms with Crippen molar-refractivity contribution in [1.82, 2.24) is 9.97 Å². The van der Waals surface area contributed by atoms with Crippen LogP contribution in [0.4, 0.5) is 5.69 Å². The summed E-state index contributed by atoms with van der Waals surface area (Å²) in [5, 5.41) is 3.72. The number of rotatable bonds is 7. The van der Waals surface area contributed by atoms with Gasteiger partial charge in [0.05, 0.1) is 6.61 Å². The highest BCUT2D eigenvalue weighted by Crippen LogP contribution is 2.30. The largest absolute Gasteiger partial charge is 0.494 e. The Balaban J connectivity index is 1.41. The molecule has 0 aliphatic rings. The minimum absolute atomic E-state index is 0.0924. The highest BCUT2D eigenvalue weighted by Gasteiger charge is 2.09. The molecule has 1 amide bonds. The van der Waals surface area contributed by atoms with E-state index in [9.17, 15) is 4.79 Å². The number of amides is 1. The molecule has 146 valence electrons. The van der Waals surface area contributed by atoms with Gasteiger partial charge < -0.3 is 14.8 Å². The number of anilines is 1. The molecular weight excluding hydrogens is 386 g/mol. The maximum absolute atomic E-state index is 12.3. The van der Waals surface area contributed by atoms with Gasteiger partial charge in [-0.2, -0.15) is 0 Å². The third-order valence-electron chi connectivity index (χ3n) is 4.05. The number of carbonyl (C=O) groups excluding carboxylic acids is 1. The van der Waals surface area contributed by atoms with Crippen LogP contribution < -0.4 is 14.8 Å². The van der Waals surface area contributed by atoms with Gasteiger partial charge in [-0.15, -0.1) is 0 Å². The summed E-state index contributed by atoms with van der Waals surface area (Å²) in [7, 11) is 0. The molecular formula is C22H19N3O3S. The Hall–Kier alpha value is -3.45. The van der Waals surface area contributed by atoms with Crippen molar-refractivity contribution in [2.75, 3.05) is 18.5 Å². The Kier molecular flexibility index (Phi) is 5.67. The molecule has 0 spiro atoms. The van der Waals surface area contributed by atoms with Gasteiger partial charge in [0, 0.05) is 23.5 Å². The van der Waals surface area contributed by atoms with E-state index in [2.05, 4.69) is 15.3 Å². The lowest BCUT2D eigenvalue weighted by Gasteiger charge is -2.09. The average molecular weight is 405 g/mol. The van der Waals surface area contributed by atoms with E-state index < -0.39 is 0 Å². The first kappa shape index (κ1) is 18.9. The number of ether oxygens (including phenoxy) is 2. The average Bonchev–Trinajstić information content (AvgIpc) is 3.17. The van der Waals surface area contributed by atoms with Gasteiger partial charge in [-0.3, -0.25) is 4.79 Å². The van der Waals surface area contributed by atoms with Crippen LogP contribution >= 0.6 is 11.3 Å². The Labute approximate surface area is 172 Å². The molecule has 0 bridgehead atoms. The summed E-state index contributed by atoms with van der Waals surface area (Å²) >= 11 is 1.52. The number of carbonyl (C=O) groups is 1. The number of benzene rings is 2. The SMILES string of the molecule is CCOc1cccc(OCC(=O)Nc2cccc(-c3nc4cccnc4s3)c2)c1. The molecule has 0 fully saturated rings. The van der Waals surface area contributed by atoms with E-state index >= 15 is 0 Å². The molecule has 4 aromatic rings. The molecule has 0 unspecified atom stereocenters. The van der Waals surface area contributed by atoms with Crippen molar-refractivity contribution >= 4 is 33.3 Å². The molecule has 0 saturated carbocycles.